The van der Waals surface area contributed by atoms with Gasteiger partial charge >= 0.3 is 0 Å². The second kappa shape index (κ2) is 4.56. The van der Waals surface area contributed by atoms with Crippen molar-refractivity contribution in [1.29, 1.82) is 0 Å². The molecule has 0 aliphatic carbocycles. The topological polar surface area (TPSA) is 12.0 Å². The molecular weight excluding hydrogens is 206 g/mol. The molecule has 17 heavy (non-hydrogen) atoms. The van der Waals surface area contributed by atoms with Gasteiger partial charge in [0.2, 0.25) is 0 Å². The molecule has 92 valence electrons. The first kappa shape index (κ1) is 12.2. The Morgan fingerprint density at radius 3 is 2.71 bits per heavy atom. The SMILES string of the molecule is C=CC(C)(C)[C@@H]1Nc2ccccc2[C@H]1CCC. The lowest BCUT2D eigenvalue weighted by molar-refractivity contribution is 0.346. The van der Waals surface area contributed by atoms with Gasteiger partial charge in [-0.25, -0.2) is 0 Å². The average molecular weight is 229 g/mol. The molecule has 0 unspecified atom stereocenters. The first-order valence-corrected chi connectivity index (χ1v) is 6.59. The Labute approximate surface area is 105 Å². The summed E-state index contributed by atoms with van der Waals surface area (Å²) in [5.41, 5.74) is 2.92. The molecular formula is C16H23N. The number of rotatable bonds is 4. The first-order chi connectivity index (χ1) is 8.10. The van der Waals surface area contributed by atoms with Crippen LogP contribution in [0.2, 0.25) is 0 Å². The zero-order valence-corrected chi connectivity index (χ0v) is 11.2. The molecule has 0 bridgehead atoms. The molecule has 1 aliphatic heterocycles. The minimum absolute atomic E-state index is 0.124. The Kier molecular flexibility index (Phi) is 3.28. The number of hydrogen-bond donors (Lipinski definition) is 1. The maximum Gasteiger partial charge on any atom is 0.0416 e. The van der Waals surface area contributed by atoms with Crippen LogP contribution in [0.25, 0.3) is 0 Å². The summed E-state index contributed by atoms with van der Waals surface area (Å²) in [6.07, 6.45) is 4.55. The quantitative estimate of drug-likeness (QED) is 0.745. The molecule has 2 atom stereocenters. The van der Waals surface area contributed by atoms with Crippen molar-refractivity contribution < 1.29 is 0 Å². The van der Waals surface area contributed by atoms with E-state index in [1.807, 2.05) is 0 Å². The van der Waals surface area contributed by atoms with Crippen molar-refractivity contribution in [2.45, 2.75) is 45.6 Å². The Balaban J connectivity index is 2.36. The van der Waals surface area contributed by atoms with E-state index in [0.717, 1.165) is 0 Å². The van der Waals surface area contributed by atoms with E-state index >= 15 is 0 Å². The van der Waals surface area contributed by atoms with E-state index in [4.69, 9.17) is 0 Å². The van der Waals surface area contributed by atoms with Gasteiger partial charge in [-0.05, 0) is 18.1 Å². The van der Waals surface area contributed by atoms with Gasteiger partial charge in [-0.3, -0.25) is 0 Å². The minimum atomic E-state index is 0.124. The maximum absolute atomic E-state index is 3.99. The number of fused-ring (bicyclic) bond motifs is 1. The molecule has 1 aliphatic rings. The van der Waals surface area contributed by atoms with Gasteiger partial charge in [0.25, 0.3) is 0 Å². The molecule has 1 N–H and O–H groups in total. The van der Waals surface area contributed by atoms with Crippen LogP contribution in [0.4, 0.5) is 5.69 Å². The smallest absolute Gasteiger partial charge is 0.0416 e. The van der Waals surface area contributed by atoms with Gasteiger partial charge in [-0.1, -0.05) is 51.5 Å². The molecule has 1 aromatic rings. The summed E-state index contributed by atoms with van der Waals surface area (Å²) in [7, 11) is 0. The molecule has 1 heteroatoms. The van der Waals surface area contributed by atoms with Gasteiger partial charge in [0.05, 0.1) is 0 Å². The van der Waals surface area contributed by atoms with Gasteiger partial charge in [0.15, 0.2) is 0 Å². The third-order valence-electron chi connectivity index (χ3n) is 4.00. The van der Waals surface area contributed by atoms with E-state index in [0.29, 0.717) is 12.0 Å². The highest BCUT2D eigenvalue weighted by molar-refractivity contribution is 5.60. The van der Waals surface area contributed by atoms with Crippen molar-refractivity contribution in [3.63, 3.8) is 0 Å². The van der Waals surface area contributed by atoms with Crippen molar-refractivity contribution in [2.75, 3.05) is 5.32 Å². The van der Waals surface area contributed by atoms with Gasteiger partial charge < -0.3 is 5.32 Å². The third-order valence-corrected chi connectivity index (χ3v) is 4.00. The fourth-order valence-corrected chi connectivity index (χ4v) is 2.86. The van der Waals surface area contributed by atoms with Crippen molar-refractivity contribution in [1.82, 2.24) is 0 Å². The van der Waals surface area contributed by atoms with Crippen LogP contribution < -0.4 is 5.32 Å². The molecule has 0 amide bonds. The zero-order chi connectivity index (χ0) is 12.5. The highest BCUT2D eigenvalue weighted by Gasteiger charge is 2.39. The summed E-state index contributed by atoms with van der Waals surface area (Å²) in [6.45, 7) is 10.8. The second-order valence-electron chi connectivity index (χ2n) is 5.63. The molecule has 2 rings (SSSR count). The van der Waals surface area contributed by atoms with E-state index in [2.05, 4.69) is 63.0 Å². The minimum Gasteiger partial charge on any atom is -0.381 e. The van der Waals surface area contributed by atoms with Gasteiger partial charge in [-0.2, -0.15) is 0 Å². The summed E-state index contributed by atoms with van der Waals surface area (Å²) in [4.78, 5) is 0. The summed E-state index contributed by atoms with van der Waals surface area (Å²) >= 11 is 0. The number of anilines is 1. The van der Waals surface area contributed by atoms with Crippen LogP contribution in [0.5, 0.6) is 0 Å². The van der Waals surface area contributed by atoms with E-state index in [9.17, 15) is 0 Å². The first-order valence-electron chi connectivity index (χ1n) is 6.59. The van der Waals surface area contributed by atoms with E-state index in [1.54, 1.807) is 0 Å². The normalized spacial score (nSPS) is 23.0. The van der Waals surface area contributed by atoms with Crippen molar-refractivity contribution in [3.05, 3.63) is 42.5 Å². The monoisotopic (exact) mass is 229 g/mol. The van der Waals surface area contributed by atoms with Gasteiger partial charge in [0, 0.05) is 23.1 Å². The number of nitrogens with one attached hydrogen (secondary N) is 1. The molecule has 1 heterocycles. The van der Waals surface area contributed by atoms with Crippen LogP contribution in [0, 0.1) is 5.41 Å². The second-order valence-corrected chi connectivity index (χ2v) is 5.63. The van der Waals surface area contributed by atoms with E-state index < -0.39 is 0 Å². The molecule has 0 saturated carbocycles. The van der Waals surface area contributed by atoms with Gasteiger partial charge in [-0.15, -0.1) is 6.58 Å². The molecule has 1 aromatic carbocycles. The van der Waals surface area contributed by atoms with Gasteiger partial charge in [0.1, 0.15) is 0 Å². The molecule has 0 spiro atoms. The summed E-state index contributed by atoms with van der Waals surface area (Å²) in [6, 6.07) is 9.18. The van der Waals surface area contributed by atoms with Crippen molar-refractivity contribution in [3.8, 4) is 0 Å². The fourth-order valence-electron chi connectivity index (χ4n) is 2.86. The van der Waals surface area contributed by atoms with Crippen molar-refractivity contribution >= 4 is 5.69 Å². The van der Waals surface area contributed by atoms with Crippen LogP contribution >= 0.6 is 0 Å². The fraction of sp³-hybridized carbons (Fsp3) is 0.500. The molecule has 1 nitrogen and oxygen atoms in total. The average Bonchev–Trinajstić information content (AvgIpc) is 2.70. The molecule has 0 radical (unpaired) electrons. The Bertz CT molecular complexity index is 406. The van der Waals surface area contributed by atoms with E-state index in [1.165, 1.54) is 24.1 Å². The third kappa shape index (κ3) is 2.11. The highest BCUT2D eigenvalue weighted by atomic mass is 15.0. The molecule has 0 fully saturated rings. The molecule has 0 aromatic heterocycles. The predicted molar refractivity (Wildman–Crippen MR) is 75.5 cm³/mol. The van der Waals surface area contributed by atoms with E-state index in [-0.39, 0.29) is 5.41 Å². The highest BCUT2D eigenvalue weighted by Crippen LogP contribution is 2.45. The predicted octanol–water partition coefficient (Wildman–Crippen LogP) is 4.58. The summed E-state index contributed by atoms with van der Waals surface area (Å²) in [5, 5.41) is 3.69. The van der Waals surface area contributed by atoms with Crippen LogP contribution in [0.1, 0.15) is 45.1 Å². The lowest BCUT2D eigenvalue weighted by atomic mass is 9.75. The Morgan fingerprint density at radius 2 is 2.06 bits per heavy atom. The Morgan fingerprint density at radius 1 is 1.35 bits per heavy atom. The van der Waals surface area contributed by atoms with Crippen LogP contribution in [-0.2, 0) is 0 Å². The summed E-state index contributed by atoms with van der Waals surface area (Å²) in [5.74, 6) is 0.615. The zero-order valence-electron chi connectivity index (χ0n) is 11.2. The van der Waals surface area contributed by atoms with Crippen LogP contribution in [-0.4, -0.2) is 6.04 Å². The lowest BCUT2D eigenvalue weighted by Gasteiger charge is -2.33. The van der Waals surface area contributed by atoms with Crippen LogP contribution in [0.15, 0.2) is 36.9 Å². The number of para-hydroxylation sites is 1. The Hall–Kier alpha value is -1.24. The number of benzene rings is 1. The van der Waals surface area contributed by atoms with Crippen molar-refractivity contribution in [2.24, 2.45) is 5.41 Å². The molecule has 0 saturated heterocycles. The standard InChI is InChI=1S/C16H23N/c1-5-9-13-12-10-7-8-11-14(12)17-15(13)16(3,4)6-2/h6-8,10-11,13,15,17H,2,5,9H2,1,3-4H3/t13-,15-/m1/s1. The number of hydrogen-bond acceptors (Lipinski definition) is 1. The lowest BCUT2D eigenvalue weighted by Crippen LogP contribution is -2.35. The summed E-state index contributed by atoms with van der Waals surface area (Å²) < 4.78 is 0. The largest absolute Gasteiger partial charge is 0.381 e. The maximum atomic E-state index is 3.99. The van der Waals surface area contributed by atoms with Crippen LogP contribution in [0.3, 0.4) is 0 Å².